The molecule has 2 fully saturated rings. The number of aliphatic hydroxyl groups is 1. The van der Waals surface area contributed by atoms with Gasteiger partial charge in [-0.1, -0.05) is 0 Å². The van der Waals surface area contributed by atoms with Crippen molar-refractivity contribution in [3.8, 4) is 0 Å². The molecule has 24 heavy (non-hydrogen) atoms. The third kappa shape index (κ3) is 4.54. The molecule has 134 valence electrons. The molecule has 1 amide bonds. The number of rotatable bonds is 5. The second-order valence-electron chi connectivity index (χ2n) is 6.63. The number of hydrogen-bond acceptors (Lipinski definition) is 6. The summed E-state index contributed by atoms with van der Waals surface area (Å²) in [4.78, 5) is 20.8. The number of carbonyl (C=O) groups excluding carboxylic acids is 1. The molecule has 2 saturated heterocycles. The summed E-state index contributed by atoms with van der Waals surface area (Å²) in [7, 11) is 0. The van der Waals surface area contributed by atoms with Crippen molar-refractivity contribution in [1.29, 1.82) is 0 Å². The van der Waals surface area contributed by atoms with Crippen LogP contribution in [0.2, 0.25) is 0 Å². The fourth-order valence-electron chi connectivity index (χ4n) is 3.19. The van der Waals surface area contributed by atoms with E-state index < -0.39 is 5.60 Å². The first-order chi connectivity index (χ1) is 11.5. The fourth-order valence-corrected chi connectivity index (χ4v) is 3.19. The quantitative estimate of drug-likeness (QED) is 0.697. The van der Waals surface area contributed by atoms with Crippen LogP contribution in [-0.4, -0.2) is 70.9 Å². The van der Waals surface area contributed by atoms with Crippen molar-refractivity contribution in [2.75, 3.05) is 39.5 Å². The molecule has 2 aliphatic rings. The number of imidazole rings is 1. The van der Waals surface area contributed by atoms with E-state index in [1.807, 2.05) is 0 Å². The van der Waals surface area contributed by atoms with Crippen LogP contribution in [0, 0.1) is 0 Å². The van der Waals surface area contributed by atoms with Gasteiger partial charge in [0, 0.05) is 52.6 Å². The highest BCUT2D eigenvalue weighted by atomic mass is 16.5. The van der Waals surface area contributed by atoms with E-state index in [0.29, 0.717) is 52.3 Å². The van der Waals surface area contributed by atoms with Crippen molar-refractivity contribution in [2.45, 2.75) is 38.0 Å². The zero-order valence-electron chi connectivity index (χ0n) is 14.1. The van der Waals surface area contributed by atoms with Gasteiger partial charge in [0.05, 0.1) is 30.6 Å². The van der Waals surface area contributed by atoms with Gasteiger partial charge in [-0.2, -0.15) is 0 Å². The molecule has 2 aliphatic heterocycles. The van der Waals surface area contributed by atoms with E-state index in [1.54, 1.807) is 6.20 Å². The molecule has 0 bridgehead atoms. The number of hydrogen-bond donors (Lipinski definition) is 3. The maximum Gasteiger partial charge on any atom is 0.217 e. The van der Waals surface area contributed by atoms with Gasteiger partial charge in [-0.15, -0.1) is 0 Å². The Hall–Kier alpha value is -1.48. The molecular formula is C16H26N4O4. The summed E-state index contributed by atoms with van der Waals surface area (Å²) in [6.07, 6.45) is 2.93. The Morgan fingerprint density at radius 2 is 2.29 bits per heavy atom. The van der Waals surface area contributed by atoms with Crippen molar-refractivity contribution in [3.05, 3.63) is 17.7 Å². The summed E-state index contributed by atoms with van der Waals surface area (Å²) in [6, 6.07) is 0. The summed E-state index contributed by atoms with van der Waals surface area (Å²) < 4.78 is 11.2. The minimum absolute atomic E-state index is 0.0732. The summed E-state index contributed by atoms with van der Waals surface area (Å²) in [5.41, 5.74) is 0.184. The standard InChI is InChI=1S/C16H26N4O4/c1-12(21)17-8-13-9-18-15(19-13)14-10-20(4-7-24-14)11-16(22)2-5-23-6-3-16/h9,14,22H,2-8,10-11H2,1H3,(H,17,21)(H,18,19). The van der Waals surface area contributed by atoms with E-state index in [2.05, 4.69) is 20.2 Å². The molecule has 1 aromatic heterocycles. The smallest absolute Gasteiger partial charge is 0.217 e. The minimum atomic E-state index is -0.667. The highest BCUT2D eigenvalue weighted by Gasteiger charge is 2.34. The van der Waals surface area contributed by atoms with Gasteiger partial charge in [0.15, 0.2) is 0 Å². The van der Waals surface area contributed by atoms with Gasteiger partial charge in [-0.25, -0.2) is 4.98 Å². The predicted molar refractivity (Wildman–Crippen MR) is 86.2 cm³/mol. The molecule has 1 atom stereocenters. The topological polar surface area (TPSA) is 99.7 Å². The number of H-pyrrole nitrogens is 1. The van der Waals surface area contributed by atoms with Gasteiger partial charge in [0.25, 0.3) is 0 Å². The monoisotopic (exact) mass is 338 g/mol. The van der Waals surface area contributed by atoms with Crippen molar-refractivity contribution < 1.29 is 19.4 Å². The number of ether oxygens (including phenoxy) is 2. The summed E-state index contributed by atoms with van der Waals surface area (Å²) >= 11 is 0. The average molecular weight is 338 g/mol. The lowest BCUT2D eigenvalue weighted by Gasteiger charge is -2.39. The number of carbonyl (C=O) groups is 1. The van der Waals surface area contributed by atoms with Crippen LogP contribution in [-0.2, 0) is 20.8 Å². The fraction of sp³-hybridized carbons (Fsp3) is 0.750. The first kappa shape index (κ1) is 17.3. The predicted octanol–water partition coefficient (Wildman–Crippen LogP) is -0.0394. The molecule has 3 N–H and O–H groups in total. The zero-order chi connectivity index (χ0) is 17.0. The molecule has 3 rings (SSSR count). The van der Waals surface area contributed by atoms with Gasteiger partial charge in [-0.3, -0.25) is 9.69 Å². The van der Waals surface area contributed by atoms with E-state index in [1.165, 1.54) is 6.92 Å². The minimum Gasteiger partial charge on any atom is -0.388 e. The molecule has 0 saturated carbocycles. The average Bonchev–Trinajstić information content (AvgIpc) is 3.02. The first-order valence-corrected chi connectivity index (χ1v) is 8.46. The van der Waals surface area contributed by atoms with Crippen LogP contribution >= 0.6 is 0 Å². The Labute approximate surface area is 141 Å². The molecule has 0 aliphatic carbocycles. The Morgan fingerprint density at radius 1 is 1.50 bits per heavy atom. The first-order valence-electron chi connectivity index (χ1n) is 8.46. The molecule has 1 aromatic rings. The van der Waals surface area contributed by atoms with Gasteiger partial charge in [-0.05, 0) is 0 Å². The van der Waals surface area contributed by atoms with E-state index in [-0.39, 0.29) is 12.0 Å². The Kier molecular flexibility index (Phi) is 5.50. The Balaban J connectivity index is 1.56. The van der Waals surface area contributed by atoms with Gasteiger partial charge in [0.1, 0.15) is 11.9 Å². The zero-order valence-corrected chi connectivity index (χ0v) is 14.1. The maximum absolute atomic E-state index is 11.0. The molecule has 1 unspecified atom stereocenters. The second-order valence-corrected chi connectivity index (χ2v) is 6.63. The van der Waals surface area contributed by atoms with Crippen LogP contribution in [0.1, 0.15) is 37.4 Å². The summed E-state index contributed by atoms with van der Waals surface area (Å²) in [5, 5.41) is 13.4. The van der Waals surface area contributed by atoms with Gasteiger partial charge >= 0.3 is 0 Å². The Bertz CT molecular complexity index is 556. The highest BCUT2D eigenvalue weighted by Crippen LogP contribution is 2.25. The number of aromatic nitrogens is 2. The number of β-amino-alcohol motifs (C(OH)–C–C–N with tert-alkyl or cyclic N) is 1. The lowest BCUT2D eigenvalue weighted by atomic mass is 9.93. The third-order valence-electron chi connectivity index (χ3n) is 4.57. The van der Waals surface area contributed by atoms with Crippen molar-refractivity contribution in [2.24, 2.45) is 0 Å². The number of aromatic amines is 1. The van der Waals surface area contributed by atoms with Crippen LogP contribution in [0.5, 0.6) is 0 Å². The van der Waals surface area contributed by atoms with Gasteiger partial charge < -0.3 is 24.9 Å². The van der Waals surface area contributed by atoms with E-state index in [0.717, 1.165) is 18.1 Å². The Morgan fingerprint density at radius 3 is 3.04 bits per heavy atom. The molecule has 3 heterocycles. The lowest BCUT2D eigenvalue weighted by Crippen LogP contribution is -2.50. The SMILES string of the molecule is CC(=O)NCc1cnc(C2CN(CC3(O)CCOCC3)CCO2)[nH]1. The van der Waals surface area contributed by atoms with Crippen LogP contribution in [0.4, 0.5) is 0 Å². The molecule has 0 radical (unpaired) electrons. The van der Waals surface area contributed by atoms with Crippen molar-refractivity contribution >= 4 is 5.91 Å². The van der Waals surface area contributed by atoms with Crippen molar-refractivity contribution in [3.63, 3.8) is 0 Å². The summed E-state index contributed by atoms with van der Waals surface area (Å²) in [5.74, 6) is 0.690. The lowest BCUT2D eigenvalue weighted by molar-refractivity contribution is -0.119. The number of morpholine rings is 1. The van der Waals surface area contributed by atoms with E-state index >= 15 is 0 Å². The van der Waals surface area contributed by atoms with E-state index in [4.69, 9.17) is 9.47 Å². The largest absolute Gasteiger partial charge is 0.388 e. The van der Waals surface area contributed by atoms with Gasteiger partial charge in [0.2, 0.25) is 5.91 Å². The molecule has 8 nitrogen and oxygen atoms in total. The molecule has 8 heteroatoms. The maximum atomic E-state index is 11.0. The van der Waals surface area contributed by atoms with Crippen LogP contribution < -0.4 is 5.32 Å². The molecule has 0 aromatic carbocycles. The van der Waals surface area contributed by atoms with E-state index in [9.17, 15) is 9.90 Å². The molecular weight excluding hydrogens is 312 g/mol. The van der Waals surface area contributed by atoms with Crippen LogP contribution in [0.15, 0.2) is 6.20 Å². The number of amides is 1. The second kappa shape index (κ2) is 7.60. The summed E-state index contributed by atoms with van der Waals surface area (Å²) in [6.45, 7) is 5.90. The number of nitrogens with one attached hydrogen (secondary N) is 2. The van der Waals surface area contributed by atoms with Crippen molar-refractivity contribution in [1.82, 2.24) is 20.2 Å². The van der Waals surface area contributed by atoms with Crippen LogP contribution in [0.25, 0.3) is 0 Å². The third-order valence-corrected chi connectivity index (χ3v) is 4.57. The molecule has 0 spiro atoms. The highest BCUT2D eigenvalue weighted by molar-refractivity contribution is 5.72. The number of nitrogens with zero attached hydrogens (tertiary/aromatic N) is 2. The normalized spacial score (nSPS) is 24.7. The van der Waals surface area contributed by atoms with Crippen LogP contribution in [0.3, 0.4) is 0 Å².